The first-order valence-corrected chi connectivity index (χ1v) is 14.3. The number of nitrogens with one attached hydrogen (secondary N) is 2. The third-order valence-electron chi connectivity index (χ3n) is 6.60. The van der Waals surface area contributed by atoms with Crippen LogP contribution in [0.15, 0.2) is 83.8 Å². The topological polar surface area (TPSA) is 82.0 Å². The van der Waals surface area contributed by atoms with Crippen LogP contribution >= 0.6 is 23.1 Å². The number of nitrogens with zero attached hydrogens (tertiary/aromatic N) is 1. The molecule has 0 spiro atoms. The maximum Gasteiger partial charge on any atom is 0.255 e. The van der Waals surface area contributed by atoms with Crippen molar-refractivity contribution in [1.29, 1.82) is 5.26 Å². The molecule has 0 saturated heterocycles. The van der Waals surface area contributed by atoms with Gasteiger partial charge in [-0.1, -0.05) is 54.6 Å². The number of rotatable bonds is 7. The lowest BCUT2D eigenvalue weighted by Gasteiger charge is -2.17. The van der Waals surface area contributed by atoms with E-state index in [0.717, 1.165) is 47.3 Å². The Labute approximate surface area is 230 Å². The van der Waals surface area contributed by atoms with Gasteiger partial charge in [-0.25, -0.2) is 0 Å². The molecule has 1 unspecified atom stereocenters. The number of fused-ring (bicyclic) bond motifs is 1. The summed E-state index contributed by atoms with van der Waals surface area (Å²) in [5.74, 6) is -0.348. The molecule has 190 valence electrons. The SMILES string of the molecule is Cc1ccccc1C(=O)Nc1cccc(SC(C(=O)Nc2sc3c(c2C#N)CCCC3)c2ccccc2)c1. The van der Waals surface area contributed by atoms with Gasteiger partial charge in [-0.05, 0) is 73.6 Å². The average Bonchev–Trinajstić information content (AvgIpc) is 3.29. The predicted molar refractivity (Wildman–Crippen MR) is 155 cm³/mol. The van der Waals surface area contributed by atoms with Gasteiger partial charge in [0.1, 0.15) is 16.3 Å². The van der Waals surface area contributed by atoms with E-state index in [1.165, 1.54) is 28.0 Å². The monoisotopic (exact) mass is 537 g/mol. The number of anilines is 2. The highest BCUT2D eigenvalue weighted by molar-refractivity contribution is 8.00. The number of aryl methyl sites for hydroxylation is 2. The van der Waals surface area contributed by atoms with Gasteiger partial charge in [-0.15, -0.1) is 23.1 Å². The van der Waals surface area contributed by atoms with Gasteiger partial charge in [0.25, 0.3) is 5.91 Å². The first kappa shape index (κ1) is 25.8. The molecule has 1 aliphatic rings. The van der Waals surface area contributed by atoms with Crippen molar-refractivity contribution in [2.45, 2.75) is 42.8 Å². The van der Waals surface area contributed by atoms with E-state index in [9.17, 15) is 14.9 Å². The van der Waals surface area contributed by atoms with Gasteiger partial charge in [-0.3, -0.25) is 9.59 Å². The normalized spacial score (nSPS) is 13.2. The van der Waals surface area contributed by atoms with Crippen LogP contribution in [0.1, 0.15) is 55.6 Å². The molecule has 5 nitrogen and oxygen atoms in total. The number of amides is 2. The Morgan fingerprint density at radius 3 is 2.50 bits per heavy atom. The molecule has 1 aliphatic carbocycles. The second kappa shape index (κ2) is 11.7. The number of hydrogen-bond donors (Lipinski definition) is 2. The van der Waals surface area contributed by atoms with E-state index in [-0.39, 0.29) is 11.8 Å². The summed E-state index contributed by atoms with van der Waals surface area (Å²) in [6, 6.07) is 26.9. The van der Waals surface area contributed by atoms with Crippen LogP contribution in [0.2, 0.25) is 0 Å². The Morgan fingerprint density at radius 1 is 0.947 bits per heavy atom. The lowest BCUT2D eigenvalue weighted by Crippen LogP contribution is -2.19. The van der Waals surface area contributed by atoms with Crippen molar-refractivity contribution >= 4 is 45.6 Å². The number of nitriles is 1. The van der Waals surface area contributed by atoms with Crippen LogP contribution < -0.4 is 10.6 Å². The third-order valence-corrected chi connectivity index (χ3v) is 9.05. The molecule has 2 N–H and O–H groups in total. The molecule has 7 heteroatoms. The van der Waals surface area contributed by atoms with Gasteiger partial charge < -0.3 is 10.6 Å². The number of carbonyl (C=O) groups excluding carboxylic acids is 2. The van der Waals surface area contributed by atoms with Crippen molar-refractivity contribution in [3.63, 3.8) is 0 Å². The zero-order valence-electron chi connectivity index (χ0n) is 21.0. The number of thioether (sulfide) groups is 1. The standard InChI is InChI=1S/C31H27N3O2S2/c1-20-10-5-6-15-24(20)29(35)33-22-13-9-14-23(18-22)37-28(21-11-3-2-4-12-21)30(36)34-31-26(19-32)25-16-7-8-17-27(25)38-31/h2-6,9-15,18,28H,7-8,16-17H2,1H3,(H,33,35)(H,34,36). The van der Waals surface area contributed by atoms with Crippen LogP contribution in [0.3, 0.4) is 0 Å². The van der Waals surface area contributed by atoms with Crippen molar-refractivity contribution in [2.75, 3.05) is 10.6 Å². The number of thiophene rings is 1. The Morgan fingerprint density at radius 2 is 1.71 bits per heavy atom. The molecule has 1 aromatic heterocycles. The van der Waals surface area contributed by atoms with Crippen molar-refractivity contribution in [3.8, 4) is 6.07 Å². The summed E-state index contributed by atoms with van der Waals surface area (Å²) in [5.41, 5.74) is 4.76. The summed E-state index contributed by atoms with van der Waals surface area (Å²) in [7, 11) is 0. The van der Waals surface area contributed by atoms with Gasteiger partial charge in [-0.2, -0.15) is 5.26 Å². The molecule has 0 saturated carbocycles. The van der Waals surface area contributed by atoms with Gasteiger partial charge in [0.05, 0.1) is 5.56 Å². The van der Waals surface area contributed by atoms with E-state index in [1.54, 1.807) is 6.07 Å². The van der Waals surface area contributed by atoms with E-state index in [4.69, 9.17) is 0 Å². The minimum absolute atomic E-state index is 0.173. The van der Waals surface area contributed by atoms with Crippen LogP contribution in [0.4, 0.5) is 10.7 Å². The van der Waals surface area contributed by atoms with Crippen LogP contribution in [0.5, 0.6) is 0 Å². The molecule has 38 heavy (non-hydrogen) atoms. The Bertz CT molecular complexity index is 1520. The molecule has 0 radical (unpaired) electrons. The largest absolute Gasteiger partial charge is 0.322 e. The molecule has 0 fully saturated rings. The second-order valence-corrected chi connectivity index (χ2v) is 11.5. The second-order valence-electron chi connectivity index (χ2n) is 9.22. The number of hydrogen-bond acceptors (Lipinski definition) is 5. The zero-order valence-corrected chi connectivity index (χ0v) is 22.6. The lowest BCUT2D eigenvalue weighted by molar-refractivity contribution is -0.115. The molecule has 1 heterocycles. The van der Waals surface area contributed by atoms with Gasteiger partial charge in [0.15, 0.2) is 0 Å². The Kier molecular flexibility index (Phi) is 7.92. The predicted octanol–water partition coefficient (Wildman–Crippen LogP) is 7.53. The molecule has 5 rings (SSSR count). The highest BCUT2D eigenvalue weighted by Gasteiger charge is 2.26. The summed E-state index contributed by atoms with van der Waals surface area (Å²) >= 11 is 2.95. The molecule has 2 amide bonds. The van der Waals surface area contributed by atoms with Gasteiger partial charge in [0, 0.05) is 21.0 Å². The van der Waals surface area contributed by atoms with E-state index >= 15 is 0 Å². The molecule has 3 aromatic carbocycles. The highest BCUT2D eigenvalue weighted by Crippen LogP contribution is 2.41. The van der Waals surface area contributed by atoms with Gasteiger partial charge in [0.2, 0.25) is 5.91 Å². The van der Waals surface area contributed by atoms with Crippen molar-refractivity contribution in [2.24, 2.45) is 0 Å². The summed E-state index contributed by atoms with van der Waals surface area (Å²) < 4.78 is 0. The Balaban J connectivity index is 1.39. The first-order chi connectivity index (χ1) is 18.5. The van der Waals surface area contributed by atoms with Crippen LogP contribution in [0, 0.1) is 18.3 Å². The van der Waals surface area contributed by atoms with Crippen LogP contribution in [-0.4, -0.2) is 11.8 Å². The Hall–Kier alpha value is -3.86. The van der Waals surface area contributed by atoms with Crippen molar-refractivity contribution in [3.05, 3.63) is 112 Å². The number of benzene rings is 3. The van der Waals surface area contributed by atoms with E-state index < -0.39 is 5.25 Å². The van der Waals surface area contributed by atoms with Crippen LogP contribution in [-0.2, 0) is 17.6 Å². The summed E-state index contributed by atoms with van der Waals surface area (Å²) in [5, 5.41) is 16.0. The highest BCUT2D eigenvalue weighted by atomic mass is 32.2. The fourth-order valence-electron chi connectivity index (χ4n) is 4.66. The molecule has 1 atom stereocenters. The maximum absolute atomic E-state index is 13.7. The summed E-state index contributed by atoms with van der Waals surface area (Å²) in [6.07, 6.45) is 4.04. The number of carbonyl (C=O) groups is 2. The third kappa shape index (κ3) is 5.67. The molecular formula is C31H27N3O2S2. The maximum atomic E-state index is 13.7. The first-order valence-electron chi connectivity index (χ1n) is 12.6. The lowest BCUT2D eigenvalue weighted by atomic mass is 9.96. The summed E-state index contributed by atoms with van der Waals surface area (Å²) in [6.45, 7) is 1.91. The van der Waals surface area contributed by atoms with Crippen LogP contribution in [0.25, 0.3) is 0 Å². The van der Waals surface area contributed by atoms with E-state index in [1.807, 2.05) is 79.7 Å². The average molecular weight is 538 g/mol. The van der Waals surface area contributed by atoms with E-state index in [2.05, 4.69) is 16.7 Å². The van der Waals surface area contributed by atoms with E-state index in [0.29, 0.717) is 21.8 Å². The zero-order chi connectivity index (χ0) is 26.5. The molecular weight excluding hydrogens is 510 g/mol. The van der Waals surface area contributed by atoms with Gasteiger partial charge >= 0.3 is 0 Å². The molecule has 4 aromatic rings. The fraction of sp³-hybridized carbons (Fsp3) is 0.194. The summed E-state index contributed by atoms with van der Waals surface area (Å²) in [4.78, 5) is 28.6. The smallest absolute Gasteiger partial charge is 0.255 e. The van der Waals surface area contributed by atoms with Crippen molar-refractivity contribution < 1.29 is 9.59 Å². The minimum atomic E-state index is -0.538. The quantitative estimate of drug-likeness (QED) is 0.239. The molecule has 0 bridgehead atoms. The molecule has 0 aliphatic heterocycles. The fourth-order valence-corrected chi connectivity index (χ4v) is 6.99. The van der Waals surface area contributed by atoms with Crippen molar-refractivity contribution in [1.82, 2.24) is 0 Å². The minimum Gasteiger partial charge on any atom is -0.322 e.